The normalized spacial score (nSPS) is 19.9. The number of hydrogen-bond acceptors (Lipinski definition) is 1. The molecule has 1 aliphatic rings. The Balaban J connectivity index is 2.38. The average molecular weight is 209 g/mol. The summed E-state index contributed by atoms with van der Waals surface area (Å²) in [6.07, 6.45) is 13.3. The molecule has 0 saturated carbocycles. The molecule has 0 aromatic carbocycles. The van der Waals surface area contributed by atoms with Gasteiger partial charge in [-0.2, -0.15) is 0 Å². The first-order valence-corrected chi connectivity index (χ1v) is 6.82. The van der Waals surface area contributed by atoms with Crippen LogP contribution in [-0.2, 0) is 0 Å². The molecule has 0 N–H and O–H groups in total. The lowest BCUT2D eigenvalue weighted by Gasteiger charge is -2.32. The lowest BCUT2D eigenvalue weighted by molar-refractivity contribution is 0.284. The quantitative estimate of drug-likeness (QED) is 0.588. The summed E-state index contributed by atoms with van der Waals surface area (Å²) in [7, 11) is 0. The van der Waals surface area contributed by atoms with Gasteiger partial charge in [-0.3, -0.25) is 0 Å². The number of allylic oxidation sites excluding steroid dienone is 2. The van der Waals surface area contributed by atoms with E-state index < -0.39 is 0 Å². The highest BCUT2D eigenvalue weighted by atomic mass is 15.1. The van der Waals surface area contributed by atoms with Gasteiger partial charge in [0.05, 0.1) is 0 Å². The van der Waals surface area contributed by atoms with Crippen molar-refractivity contribution in [2.45, 2.75) is 65.2 Å². The summed E-state index contributed by atoms with van der Waals surface area (Å²) in [6, 6.07) is 0. The van der Waals surface area contributed by atoms with Crippen molar-refractivity contribution >= 4 is 0 Å². The highest BCUT2D eigenvalue weighted by Crippen LogP contribution is 2.21. The maximum atomic E-state index is 2.63. The Hall–Kier alpha value is -0.460. The second-order valence-electron chi connectivity index (χ2n) is 4.64. The molecule has 1 aliphatic heterocycles. The van der Waals surface area contributed by atoms with Gasteiger partial charge < -0.3 is 4.90 Å². The van der Waals surface area contributed by atoms with Gasteiger partial charge in [-0.25, -0.2) is 0 Å². The second-order valence-corrected chi connectivity index (χ2v) is 4.64. The fraction of sp³-hybridized carbons (Fsp3) is 0.857. The first-order chi connectivity index (χ1) is 7.38. The first-order valence-electron chi connectivity index (χ1n) is 6.82. The van der Waals surface area contributed by atoms with Crippen molar-refractivity contribution in [3.63, 3.8) is 0 Å². The molecule has 0 amide bonds. The van der Waals surface area contributed by atoms with E-state index in [0.717, 1.165) is 0 Å². The van der Waals surface area contributed by atoms with Gasteiger partial charge in [-0.1, -0.05) is 39.2 Å². The third kappa shape index (κ3) is 4.72. The summed E-state index contributed by atoms with van der Waals surface area (Å²) in [6.45, 7) is 7.14. The molecule has 0 aliphatic carbocycles. The molecule has 0 bridgehead atoms. The van der Waals surface area contributed by atoms with Gasteiger partial charge >= 0.3 is 0 Å². The smallest absolute Gasteiger partial charge is 0.0175 e. The van der Waals surface area contributed by atoms with Crippen molar-refractivity contribution in [2.75, 3.05) is 13.1 Å². The monoisotopic (exact) mass is 209 g/mol. The Morgan fingerprint density at radius 1 is 1.13 bits per heavy atom. The van der Waals surface area contributed by atoms with Crippen LogP contribution in [0.5, 0.6) is 0 Å². The number of unbranched alkanes of at least 4 members (excludes halogenated alkanes) is 3. The molecule has 15 heavy (non-hydrogen) atoms. The maximum Gasteiger partial charge on any atom is 0.0175 e. The number of rotatable bonds is 6. The minimum Gasteiger partial charge on any atom is -0.375 e. The number of nitrogens with zero attached hydrogens (tertiary/aromatic N) is 1. The summed E-state index contributed by atoms with van der Waals surface area (Å²) in [4.78, 5) is 2.63. The van der Waals surface area contributed by atoms with Crippen molar-refractivity contribution in [3.8, 4) is 0 Å². The van der Waals surface area contributed by atoms with E-state index >= 15 is 0 Å². The van der Waals surface area contributed by atoms with Crippen LogP contribution in [0.1, 0.15) is 65.2 Å². The molecule has 1 nitrogen and oxygen atoms in total. The van der Waals surface area contributed by atoms with E-state index in [1.165, 1.54) is 64.5 Å². The van der Waals surface area contributed by atoms with Crippen LogP contribution < -0.4 is 0 Å². The predicted molar refractivity (Wildman–Crippen MR) is 67.9 cm³/mol. The fourth-order valence-corrected chi connectivity index (χ4v) is 2.22. The van der Waals surface area contributed by atoms with E-state index in [1.54, 1.807) is 5.70 Å². The zero-order valence-corrected chi connectivity index (χ0v) is 10.6. The molecule has 88 valence electrons. The summed E-state index contributed by atoms with van der Waals surface area (Å²) >= 11 is 0. The molecule has 0 spiro atoms. The highest BCUT2D eigenvalue weighted by molar-refractivity contribution is 5.03. The lowest BCUT2D eigenvalue weighted by atomic mass is 10.0. The molecule has 1 fully saturated rings. The Kier molecular flexibility index (Phi) is 6.54. The van der Waals surface area contributed by atoms with E-state index in [-0.39, 0.29) is 0 Å². The molecule has 0 aromatic rings. The summed E-state index contributed by atoms with van der Waals surface area (Å²) < 4.78 is 0. The molecular weight excluding hydrogens is 182 g/mol. The van der Waals surface area contributed by atoms with E-state index in [4.69, 9.17) is 0 Å². The van der Waals surface area contributed by atoms with Gasteiger partial charge in [0.15, 0.2) is 0 Å². The van der Waals surface area contributed by atoms with Crippen molar-refractivity contribution in [2.24, 2.45) is 0 Å². The van der Waals surface area contributed by atoms with Crippen LogP contribution in [0.25, 0.3) is 0 Å². The maximum absolute atomic E-state index is 2.63. The van der Waals surface area contributed by atoms with Gasteiger partial charge in [0.1, 0.15) is 0 Å². The van der Waals surface area contributed by atoms with Crippen molar-refractivity contribution in [1.82, 2.24) is 4.90 Å². The lowest BCUT2D eigenvalue weighted by Crippen LogP contribution is -2.28. The summed E-state index contributed by atoms with van der Waals surface area (Å²) in [5.41, 5.74) is 1.64. The van der Waals surface area contributed by atoms with Crippen molar-refractivity contribution in [3.05, 3.63) is 11.8 Å². The van der Waals surface area contributed by atoms with E-state index in [0.29, 0.717) is 0 Å². The number of likely N-dealkylation sites (tertiary alicyclic amines) is 1. The van der Waals surface area contributed by atoms with E-state index in [2.05, 4.69) is 24.8 Å². The third-order valence-corrected chi connectivity index (χ3v) is 3.24. The summed E-state index contributed by atoms with van der Waals surface area (Å²) in [5.74, 6) is 0. The SMILES string of the molecule is CCCCC=C1CCCCN1CCCC. The molecule has 0 atom stereocenters. The van der Waals surface area contributed by atoms with Crippen LogP contribution >= 0.6 is 0 Å². The zero-order valence-electron chi connectivity index (χ0n) is 10.6. The van der Waals surface area contributed by atoms with Gasteiger partial charge in [0.25, 0.3) is 0 Å². The molecule has 1 heteroatoms. The molecule has 1 heterocycles. The van der Waals surface area contributed by atoms with Crippen LogP contribution in [0.15, 0.2) is 11.8 Å². The molecular formula is C14H27N. The molecule has 1 saturated heterocycles. The third-order valence-electron chi connectivity index (χ3n) is 3.24. The molecule has 0 aromatic heterocycles. The Bertz CT molecular complexity index is 184. The Morgan fingerprint density at radius 3 is 2.67 bits per heavy atom. The largest absolute Gasteiger partial charge is 0.375 e. The van der Waals surface area contributed by atoms with E-state index in [1.807, 2.05) is 0 Å². The molecule has 0 radical (unpaired) electrons. The minimum atomic E-state index is 1.29. The van der Waals surface area contributed by atoms with Crippen LogP contribution in [0, 0.1) is 0 Å². The Labute approximate surface area is 95.5 Å². The van der Waals surface area contributed by atoms with Crippen LogP contribution in [0.4, 0.5) is 0 Å². The summed E-state index contributed by atoms with van der Waals surface area (Å²) in [5, 5.41) is 0. The number of piperidine rings is 1. The average Bonchev–Trinajstić information content (AvgIpc) is 2.28. The Morgan fingerprint density at radius 2 is 1.93 bits per heavy atom. The minimum absolute atomic E-state index is 1.29. The van der Waals surface area contributed by atoms with Gasteiger partial charge in [0, 0.05) is 18.8 Å². The second kappa shape index (κ2) is 7.78. The first kappa shape index (κ1) is 12.6. The predicted octanol–water partition coefficient (Wildman–Crippen LogP) is 4.35. The standard InChI is InChI=1S/C14H27N/c1-3-5-7-10-14-11-8-9-13-15(14)12-6-4-2/h10H,3-9,11-13H2,1-2H3. The van der Waals surface area contributed by atoms with Crippen LogP contribution in [-0.4, -0.2) is 18.0 Å². The number of hydrogen-bond donors (Lipinski definition) is 0. The fourth-order valence-electron chi connectivity index (χ4n) is 2.22. The van der Waals surface area contributed by atoms with Crippen molar-refractivity contribution in [1.29, 1.82) is 0 Å². The zero-order chi connectivity index (χ0) is 10.9. The topological polar surface area (TPSA) is 3.24 Å². The van der Waals surface area contributed by atoms with Crippen molar-refractivity contribution < 1.29 is 0 Å². The van der Waals surface area contributed by atoms with Gasteiger partial charge in [0.2, 0.25) is 0 Å². The van der Waals surface area contributed by atoms with Crippen LogP contribution in [0.2, 0.25) is 0 Å². The van der Waals surface area contributed by atoms with E-state index in [9.17, 15) is 0 Å². The molecule has 1 rings (SSSR count). The van der Waals surface area contributed by atoms with Gasteiger partial charge in [-0.15, -0.1) is 0 Å². The van der Waals surface area contributed by atoms with Crippen LogP contribution in [0.3, 0.4) is 0 Å². The van der Waals surface area contributed by atoms with Gasteiger partial charge in [-0.05, 0) is 32.1 Å². The molecule has 0 unspecified atom stereocenters. The highest BCUT2D eigenvalue weighted by Gasteiger charge is 2.13.